The molecule has 6 heavy (non-hydrogen) atoms. The molecule has 0 saturated carbocycles. The monoisotopic (exact) mass is 134 g/mol. The molecule has 0 unspecified atom stereocenters. The fourth-order valence-corrected chi connectivity index (χ4v) is 0. The van der Waals surface area contributed by atoms with Crippen LogP contribution in [-0.4, -0.2) is 16.4 Å². The largest absolute Gasteiger partial charge is 2.00 e. The third kappa shape index (κ3) is 211. The van der Waals surface area contributed by atoms with Gasteiger partial charge in [0.1, 0.15) is 0 Å². The molecular weight excluding hydrogens is 124 g/mol. The molecule has 0 saturated heterocycles. The maximum atomic E-state index is 0. The smallest absolute Gasteiger partial charge is 0.693 e. The summed E-state index contributed by atoms with van der Waals surface area (Å²) in [6.07, 6.45) is 0. The molecule has 0 aromatic rings. The summed E-state index contributed by atoms with van der Waals surface area (Å²) in [6, 6.07) is 0. The minimum Gasteiger partial charge on any atom is -0.693 e. The van der Waals surface area contributed by atoms with Crippen LogP contribution in [0.15, 0.2) is 0 Å². The summed E-state index contributed by atoms with van der Waals surface area (Å²) in [5.74, 6) is 0. The van der Waals surface area contributed by atoms with Gasteiger partial charge in [-0.2, -0.15) is 0 Å². The van der Waals surface area contributed by atoms with Crippen LogP contribution >= 0.6 is 0 Å². The van der Waals surface area contributed by atoms with Crippen LogP contribution in [0.3, 0.4) is 0 Å². The Balaban J connectivity index is 0. The Morgan fingerprint density at radius 2 is 0.500 bits per heavy atom. The topological polar surface area (TPSA) is 162 Å². The minimum absolute atomic E-state index is 0. The Hall–Kier alpha value is 0.514. The van der Waals surface area contributed by atoms with Crippen LogP contribution in [0.4, 0.5) is 0 Å². The van der Waals surface area contributed by atoms with Crippen LogP contribution in [0, 0.1) is 0 Å². The Kier molecular flexibility index (Phi) is 53000. The normalized spacial score (nSPS) is 0. The predicted octanol–water partition coefficient (Wildman–Crippen LogP) is -1.04. The Labute approximate surface area is 51.1 Å². The quantitative estimate of drug-likeness (QED) is 0.370. The van der Waals surface area contributed by atoms with Gasteiger partial charge in [0.05, 0.1) is 0 Å². The van der Waals surface area contributed by atoms with Gasteiger partial charge in [-0.15, -0.1) is 0 Å². The van der Waals surface area contributed by atoms with Crippen molar-refractivity contribution < 1.29 is 38.1 Å². The first-order chi connectivity index (χ1) is 0. The summed E-state index contributed by atoms with van der Waals surface area (Å²) in [6.45, 7) is 0. The van der Waals surface area contributed by atoms with Gasteiger partial charge in [-0.25, -0.2) is 0 Å². The first-order valence-electron chi connectivity index (χ1n) is 0. The van der Waals surface area contributed by atoms with Gasteiger partial charge >= 0.3 is 21.7 Å². The summed E-state index contributed by atoms with van der Waals surface area (Å²) in [4.78, 5) is 0. The van der Waals surface area contributed by atoms with E-state index in [2.05, 4.69) is 0 Å². The first-order valence-corrected chi connectivity index (χ1v) is 0. The van der Waals surface area contributed by atoms with Crippen molar-refractivity contribution in [1.29, 1.82) is 0 Å². The predicted molar refractivity (Wildman–Crippen MR) is 21.4 cm³/mol. The molecule has 0 heterocycles. The minimum atomic E-state index is 0. The Bertz CT molecular complexity index is 8.75. The van der Waals surface area contributed by atoms with E-state index in [9.17, 15) is 0 Å². The van der Waals surface area contributed by atoms with E-state index in [1.54, 1.807) is 0 Å². The van der Waals surface area contributed by atoms with E-state index in [0.717, 1.165) is 0 Å². The number of hydrogen-bond donors (Lipinski definition) is 0. The van der Waals surface area contributed by atoms with Crippen molar-refractivity contribution in [3.8, 4) is 0 Å². The van der Waals surface area contributed by atoms with Crippen LogP contribution in [0.2, 0.25) is 0 Å². The van der Waals surface area contributed by atoms with Crippen molar-refractivity contribution in [2.24, 2.45) is 0 Å². The fraction of sp³-hybridized carbons (Fsp3) is 0. The summed E-state index contributed by atoms with van der Waals surface area (Å²) >= 11 is 0. The molecule has 5 nitrogen and oxygen atoms in total. The first kappa shape index (κ1) is 749. The van der Waals surface area contributed by atoms with Crippen LogP contribution in [0.5, 0.6) is 0 Å². The number of nitrogens with two attached hydrogens (primary N) is 2. The third-order valence-corrected chi connectivity index (χ3v) is 0. The molecular formula is H10N2O3Ti. The van der Waals surface area contributed by atoms with Crippen LogP contribution in [-0.2, 0) is 21.7 Å². The van der Waals surface area contributed by atoms with E-state index in [1.165, 1.54) is 0 Å². The van der Waals surface area contributed by atoms with Crippen molar-refractivity contribution in [2.45, 2.75) is 0 Å². The summed E-state index contributed by atoms with van der Waals surface area (Å²) in [5, 5.41) is 0. The van der Waals surface area contributed by atoms with Gasteiger partial charge in [-0.1, -0.05) is 0 Å². The van der Waals surface area contributed by atoms with Gasteiger partial charge in [0.2, 0.25) is 0 Å². The Morgan fingerprint density at radius 1 is 0.500 bits per heavy atom. The van der Waals surface area contributed by atoms with Crippen LogP contribution in [0.1, 0.15) is 0 Å². The second kappa shape index (κ2) is 425. The number of hydrogen-bond acceptors (Lipinski definition) is 0. The molecule has 0 aromatic heterocycles. The van der Waals surface area contributed by atoms with E-state index < -0.39 is 0 Å². The van der Waals surface area contributed by atoms with Gasteiger partial charge in [0.15, 0.2) is 0 Å². The standard InChI is InChI=1S/2H2N.3H2O.Ti/h5*1H2;/q2*-1;;;;+2. The molecule has 0 aromatic carbocycles. The maximum absolute atomic E-state index is 0. The van der Waals surface area contributed by atoms with Crippen LogP contribution in [0.25, 0.3) is 12.3 Å². The van der Waals surface area contributed by atoms with Crippen molar-refractivity contribution in [3.05, 3.63) is 12.3 Å². The SMILES string of the molecule is O.O.O.[NH2-].[NH2-].[Ti+2]. The van der Waals surface area contributed by atoms with E-state index in [1.807, 2.05) is 0 Å². The molecule has 10 N–H and O–H groups in total. The van der Waals surface area contributed by atoms with Gasteiger partial charge < -0.3 is 28.7 Å². The van der Waals surface area contributed by atoms with Crippen molar-refractivity contribution in [2.75, 3.05) is 0 Å². The molecule has 0 atom stereocenters. The molecule has 0 amide bonds. The van der Waals surface area contributed by atoms with E-state index >= 15 is 0 Å². The second-order valence-electron chi connectivity index (χ2n) is 0. The van der Waals surface area contributed by atoms with Crippen molar-refractivity contribution in [1.82, 2.24) is 0 Å². The molecule has 0 aliphatic heterocycles. The van der Waals surface area contributed by atoms with Gasteiger partial charge in [-0.05, 0) is 0 Å². The second-order valence-corrected chi connectivity index (χ2v) is 0. The number of rotatable bonds is 0. The van der Waals surface area contributed by atoms with Gasteiger partial charge in [-0.3, -0.25) is 0 Å². The Morgan fingerprint density at radius 3 is 0.500 bits per heavy atom. The maximum Gasteiger partial charge on any atom is 2.00 e. The molecule has 6 heteroatoms. The molecule has 0 bridgehead atoms. The zero-order chi connectivity index (χ0) is 0. The average Bonchev–Trinajstić information content (AvgIpc) is 0. The summed E-state index contributed by atoms with van der Waals surface area (Å²) in [5.41, 5.74) is 0. The van der Waals surface area contributed by atoms with Crippen molar-refractivity contribution >= 4 is 0 Å². The summed E-state index contributed by atoms with van der Waals surface area (Å²) in [7, 11) is 0. The van der Waals surface area contributed by atoms with Gasteiger partial charge in [0.25, 0.3) is 0 Å². The molecule has 0 aliphatic carbocycles. The van der Waals surface area contributed by atoms with E-state index in [-0.39, 0.29) is 50.4 Å². The van der Waals surface area contributed by atoms with Crippen molar-refractivity contribution in [3.63, 3.8) is 0 Å². The third-order valence-electron chi connectivity index (χ3n) is 0. The molecule has 0 spiro atoms. The van der Waals surface area contributed by atoms with Gasteiger partial charge in [0, 0.05) is 0 Å². The zero-order valence-corrected chi connectivity index (χ0v) is 4.72. The molecule has 42 valence electrons. The summed E-state index contributed by atoms with van der Waals surface area (Å²) < 4.78 is 0. The van der Waals surface area contributed by atoms with E-state index in [4.69, 9.17) is 0 Å². The molecule has 0 fully saturated rings. The fourth-order valence-electron chi connectivity index (χ4n) is 0. The average molecular weight is 134 g/mol. The van der Waals surface area contributed by atoms with Crippen LogP contribution < -0.4 is 0 Å². The zero-order valence-electron chi connectivity index (χ0n) is 3.15. The van der Waals surface area contributed by atoms with E-state index in [0.29, 0.717) is 0 Å². The molecule has 0 radical (unpaired) electrons. The molecule has 0 aliphatic rings. The molecule has 0 rings (SSSR count).